The lowest BCUT2D eigenvalue weighted by Crippen LogP contribution is -2.23. The topological polar surface area (TPSA) is 29.5 Å². The number of ether oxygens (including phenoxy) is 1. The molecule has 1 fully saturated rings. The third-order valence-corrected chi connectivity index (χ3v) is 1.77. The van der Waals surface area contributed by atoms with E-state index in [1.807, 2.05) is 13.8 Å². The second-order valence-corrected chi connectivity index (χ2v) is 2.91. The van der Waals surface area contributed by atoms with Crippen molar-refractivity contribution in [2.75, 3.05) is 7.05 Å². The van der Waals surface area contributed by atoms with Crippen LogP contribution in [0, 0.1) is 0 Å². The fourth-order valence-electron chi connectivity index (χ4n) is 0.751. The van der Waals surface area contributed by atoms with Gasteiger partial charge in [-0.3, -0.25) is 9.69 Å². The smallest absolute Gasteiger partial charge is 0.296 e. The molecule has 0 aliphatic carbocycles. The third-order valence-electron chi connectivity index (χ3n) is 1.42. The van der Waals surface area contributed by atoms with Gasteiger partial charge in [0.15, 0.2) is 5.76 Å². The molecule has 1 heterocycles. The first-order chi connectivity index (χ1) is 5.04. The standard InChI is InChI=1S/C7H9NO2S/c1-4(2)5-6(9)8(3)7(11)10-5/h1-3H3. The van der Waals surface area contributed by atoms with Crippen LogP contribution < -0.4 is 0 Å². The van der Waals surface area contributed by atoms with Gasteiger partial charge in [-0.25, -0.2) is 0 Å². The molecule has 1 amide bonds. The number of amides is 1. The minimum absolute atomic E-state index is 0.157. The van der Waals surface area contributed by atoms with Crippen LogP contribution in [0.15, 0.2) is 11.3 Å². The number of allylic oxidation sites excluding steroid dienone is 1. The quantitative estimate of drug-likeness (QED) is 0.403. The Morgan fingerprint density at radius 2 is 2.09 bits per heavy atom. The zero-order chi connectivity index (χ0) is 8.59. The van der Waals surface area contributed by atoms with E-state index < -0.39 is 0 Å². The maximum atomic E-state index is 11.2. The molecule has 0 N–H and O–H groups in total. The molecule has 0 radical (unpaired) electrons. The van der Waals surface area contributed by atoms with Crippen molar-refractivity contribution in [1.29, 1.82) is 0 Å². The second-order valence-electron chi connectivity index (χ2n) is 2.56. The van der Waals surface area contributed by atoms with Crippen LogP contribution in [0.4, 0.5) is 0 Å². The van der Waals surface area contributed by atoms with E-state index in [-0.39, 0.29) is 11.1 Å². The van der Waals surface area contributed by atoms with Crippen molar-refractivity contribution in [2.24, 2.45) is 0 Å². The molecule has 0 bridgehead atoms. The Morgan fingerprint density at radius 1 is 1.55 bits per heavy atom. The molecule has 0 unspecified atom stereocenters. The van der Waals surface area contributed by atoms with Gasteiger partial charge in [-0.1, -0.05) is 0 Å². The molecule has 11 heavy (non-hydrogen) atoms. The van der Waals surface area contributed by atoms with Crippen molar-refractivity contribution in [3.05, 3.63) is 11.3 Å². The Balaban J connectivity index is 3.02. The number of nitrogens with zero attached hydrogens (tertiary/aromatic N) is 1. The third kappa shape index (κ3) is 1.26. The summed E-state index contributed by atoms with van der Waals surface area (Å²) in [5, 5.41) is 0.228. The van der Waals surface area contributed by atoms with Crippen molar-refractivity contribution >= 4 is 23.3 Å². The summed E-state index contributed by atoms with van der Waals surface area (Å²) in [6.45, 7) is 3.63. The van der Waals surface area contributed by atoms with Gasteiger partial charge < -0.3 is 4.74 Å². The molecule has 0 aromatic carbocycles. The highest BCUT2D eigenvalue weighted by molar-refractivity contribution is 7.80. The molecule has 0 aromatic heterocycles. The van der Waals surface area contributed by atoms with Crippen molar-refractivity contribution in [2.45, 2.75) is 13.8 Å². The van der Waals surface area contributed by atoms with Crippen LogP contribution in [-0.2, 0) is 9.53 Å². The molecule has 1 rings (SSSR count). The summed E-state index contributed by atoms with van der Waals surface area (Å²) in [7, 11) is 1.60. The van der Waals surface area contributed by atoms with Crippen molar-refractivity contribution in [3.8, 4) is 0 Å². The van der Waals surface area contributed by atoms with Crippen molar-refractivity contribution < 1.29 is 9.53 Å². The number of rotatable bonds is 0. The van der Waals surface area contributed by atoms with Crippen LogP contribution in [0.2, 0.25) is 0 Å². The van der Waals surface area contributed by atoms with Crippen LogP contribution in [0.3, 0.4) is 0 Å². The minimum atomic E-state index is -0.157. The van der Waals surface area contributed by atoms with E-state index in [2.05, 4.69) is 0 Å². The van der Waals surface area contributed by atoms with Crippen LogP contribution in [0.25, 0.3) is 0 Å². The second kappa shape index (κ2) is 2.62. The van der Waals surface area contributed by atoms with Gasteiger partial charge in [0, 0.05) is 7.05 Å². The Bertz CT molecular complexity index is 253. The number of thiocarbonyl (C=S) groups is 1. The molecular weight excluding hydrogens is 162 g/mol. The van der Waals surface area contributed by atoms with Gasteiger partial charge in [0.1, 0.15) is 0 Å². The zero-order valence-electron chi connectivity index (χ0n) is 6.67. The van der Waals surface area contributed by atoms with Gasteiger partial charge in [0.2, 0.25) is 0 Å². The Hall–Kier alpha value is -0.900. The van der Waals surface area contributed by atoms with Gasteiger partial charge in [0.05, 0.1) is 0 Å². The van der Waals surface area contributed by atoms with E-state index in [4.69, 9.17) is 17.0 Å². The van der Waals surface area contributed by atoms with Crippen molar-refractivity contribution in [3.63, 3.8) is 0 Å². The highest BCUT2D eigenvalue weighted by Crippen LogP contribution is 2.17. The summed E-state index contributed by atoms with van der Waals surface area (Å²) in [6.07, 6.45) is 0. The molecule has 0 aromatic rings. The maximum absolute atomic E-state index is 11.2. The summed E-state index contributed by atoms with van der Waals surface area (Å²) in [4.78, 5) is 12.5. The van der Waals surface area contributed by atoms with Gasteiger partial charge in [-0.05, 0) is 31.6 Å². The van der Waals surface area contributed by atoms with Crippen molar-refractivity contribution in [1.82, 2.24) is 4.90 Å². The minimum Gasteiger partial charge on any atom is -0.426 e. The number of hydrogen-bond donors (Lipinski definition) is 0. The predicted octanol–water partition coefficient (Wildman–Crippen LogP) is 1.05. The summed E-state index contributed by atoms with van der Waals surface area (Å²) >= 11 is 4.76. The van der Waals surface area contributed by atoms with Gasteiger partial charge in [-0.2, -0.15) is 0 Å². The Labute approximate surface area is 70.6 Å². The lowest BCUT2D eigenvalue weighted by Gasteiger charge is -2.00. The average Bonchev–Trinajstić information content (AvgIpc) is 2.17. The van der Waals surface area contributed by atoms with Crippen LogP contribution in [0.1, 0.15) is 13.8 Å². The molecule has 60 valence electrons. The molecule has 0 saturated carbocycles. The molecule has 3 nitrogen and oxygen atoms in total. The van der Waals surface area contributed by atoms with Gasteiger partial charge >= 0.3 is 0 Å². The molecule has 1 saturated heterocycles. The predicted molar refractivity (Wildman–Crippen MR) is 44.8 cm³/mol. The lowest BCUT2D eigenvalue weighted by atomic mass is 10.3. The highest BCUT2D eigenvalue weighted by Gasteiger charge is 2.30. The van der Waals surface area contributed by atoms with E-state index >= 15 is 0 Å². The number of hydrogen-bond acceptors (Lipinski definition) is 3. The summed E-state index contributed by atoms with van der Waals surface area (Å²) in [6, 6.07) is 0. The van der Waals surface area contributed by atoms with E-state index in [1.54, 1.807) is 7.05 Å². The summed E-state index contributed by atoms with van der Waals surface area (Å²) < 4.78 is 5.03. The normalized spacial score (nSPS) is 17.4. The number of likely N-dealkylation sites (N-methyl/N-ethyl adjacent to an activating group) is 1. The highest BCUT2D eigenvalue weighted by atomic mass is 32.1. The van der Waals surface area contributed by atoms with Gasteiger partial charge in [0.25, 0.3) is 11.1 Å². The van der Waals surface area contributed by atoms with E-state index in [9.17, 15) is 4.79 Å². The Morgan fingerprint density at radius 3 is 2.27 bits per heavy atom. The van der Waals surface area contributed by atoms with Crippen LogP contribution in [-0.4, -0.2) is 23.0 Å². The monoisotopic (exact) mass is 171 g/mol. The maximum Gasteiger partial charge on any atom is 0.296 e. The van der Waals surface area contributed by atoms with E-state index in [0.717, 1.165) is 5.57 Å². The Kier molecular flexibility index (Phi) is 1.95. The van der Waals surface area contributed by atoms with Crippen LogP contribution in [0.5, 0.6) is 0 Å². The fraction of sp³-hybridized carbons (Fsp3) is 0.429. The van der Waals surface area contributed by atoms with Crippen LogP contribution >= 0.6 is 12.2 Å². The number of carbonyl (C=O) groups excluding carboxylic acids is 1. The van der Waals surface area contributed by atoms with E-state index in [0.29, 0.717) is 5.76 Å². The fourth-order valence-corrected chi connectivity index (χ4v) is 0.917. The lowest BCUT2D eigenvalue weighted by molar-refractivity contribution is -0.122. The largest absolute Gasteiger partial charge is 0.426 e. The summed E-state index contributed by atoms with van der Waals surface area (Å²) in [5.41, 5.74) is 0.849. The molecule has 1 aliphatic heterocycles. The SMILES string of the molecule is CC(C)=C1OC(=S)N(C)C1=O. The first kappa shape index (κ1) is 8.20. The number of carbonyl (C=O) groups is 1. The molecule has 0 atom stereocenters. The first-order valence-corrected chi connectivity index (χ1v) is 3.62. The average molecular weight is 171 g/mol. The first-order valence-electron chi connectivity index (χ1n) is 3.21. The molecule has 1 aliphatic rings. The molecular formula is C7H9NO2S. The van der Waals surface area contributed by atoms with E-state index in [1.165, 1.54) is 4.90 Å². The molecule has 4 heteroatoms. The molecule has 0 spiro atoms. The van der Waals surface area contributed by atoms with Gasteiger partial charge in [-0.15, -0.1) is 0 Å². The summed E-state index contributed by atoms with van der Waals surface area (Å²) in [5.74, 6) is 0.201. The zero-order valence-corrected chi connectivity index (χ0v) is 7.49.